The summed E-state index contributed by atoms with van der Waals surface area (Å²) in [5.74, 6) is -0.00993. The van der Waals surface area contributed by atoms with Crippen molar-refractivity contribution in [3.8, 4) is 11.8 Å². The van der Waals surface area contributed by atoms with Gasteiger partial charge < -0.3 is 20.1 Å². The molecule has 0 aliphatic carbocycles. The minimum atomic E-state index is -0.738. The Kier molecular flexibility index (Phi) is 9.44. The van der Waals surface area contributed by atoms with Crippen molar-refractivity contribution < 1.29 is 19.1 Å². The lowest BCUT2D eigenvalue weighted by Gasteiger charge is -2.26. The van der Waals surface area contributed by atoms with Crippen LogP contribution in [0.2, 0.25) is 0 Å². The van der Waals surface area contributed by atoms with E-state index in [-0.39, 0.29) is 17.7 Å². The molecule has 0 aromatic heterocycles. The summed E-state index contributed by atoms with van der Waals surface area (Å²) in [6.45, 7) is 7.92. The average molecular weight is 465 g/mol. The van der Waals surface area contributed by atoms with E-state index >= 15 is 0 Å². The normalized spacial score (nSPS) is 14.8. The van der Waals surface area contributed by atoms with Gasteiger partial charge in [-0.25, -0.2) is 0 Å². The molecule has 1 unspecified atom stereocenters. The van der Waals surface area contributed by atoms with Crippen LogP contribution in [0.3, 0.4) is 0 Å². The van der Waals surface area contributed by atoms with Crippen molar-refractivity contribution in [2.24, 2.45) is 5.92 Å². The molecule has 0 spiro atoms. The first-order valence-corrected chi connectivity index (χ1v) is 11.6. The summed E-state index contributed by atoms with van der Waals surface area (Å²) in [6, 6.07) is 16.4. The Balaban J connectivity index is 1.52. The van der Waals surface area contributed by atoms with Gasteiger partial charge in [-0.2, -0.15) is 5.26 Å². The van der Waals surface area contributed by atoms with Crippen LogP contribution >= 0.6 is 0 Å². The van der Waals surface area contributed by atoms with Gasteiger partial charge in [0.15, 0.2) is 6.10 Å². The Morgan fingerprint density at radius 1 is 1.15 bits per heavy atom. The van der Waals surface area contributed by atoms with Crippen LogP contribution in [0.25, 0.3) is 0 Å². The van der Waals surface area contributed by atoms with Crippen LogP contribution in [-0.2, 0) is 20.9 Å². The maximum Gasteiger partial charge on any atom is 0.261 e. The first-order valence-electron chi connectivity index (χ1n) is 11.6. The van der Waals surface area contributed by atoms with Crippen molar-refractivity contribution in [2.75, 3.05) is 38.2 Å². The number of anilines is 1. The topological polar surface area (TPSA) is 104 Å². The van der Waals surface area contributed by atoms with Crippen molar-refractivity contribution in [3.63, 3.8) is 0 Å². The van der Waals surface area contributed by atoms with E-state index in [9.17, 15) is 14.9 Å². The fourth-order valence-corrected chi connectivity index (χ4v) is 3.65. The van der Waals surface area contributed by atoms with Crippen molar-refractivity contribution in [3.05, 3.63) is 59.7 Å². The molecule has 2 aromatic rings. The van der Waals surface area contributed by atoms with E-state index in [1.807, 2.05) is 38.1 Å². The molecule has 1 heterocycles. The molecular formula is C26H32N4O4. The standard InChI is InChI=1S/C26H32N4O4/c1-19(2)25(34-23-9-4-3-7-21(23)17-27)26(32)28-18-20-6-5-8-22(16-20)29-24(31)10-11-30-12-14-33-15-13-30/h3-9,16,19,25H,10-15,18H2,1-2H3,(H,28,32)(H,29,31). The van der Waals surface area contributed by atoms with Crippen LogP contribution in [0.5, 0.6) is 5.75 Å². The molecule has 0 bridgehead atoms. The molecule has 8 heteroatoms. The Hall–Kier alpha value is -3.41. The monoisotopic (exact) mass is 464 g/mol. The number of para-hydroxylation sites is 1. The maximum atomic E-state index is 12.9. The quantitative estimate of drug-likeness (QED) is 0.560. The van der Waals surface area contributed by atoms with Crippen LogP contribution in [0.15, 0.2) is 48.5 Å². The smallest absolute Gasteiger partial charge is 0.261 e. The van der Waals surface area contributed by atoms with Gasteiger partial charge in [-0.05, 0) is 35.7 Å². The van der Waals surface area contributed by atoms with E-state index in [4.69, 9.17) is 9.47 Å². The highest BCUT2D eigenvalue weighted by Crippen LogP contribution is 2.21. The summed E-state index contributed by atoms with van der Waals surface area (Å²) >= 11 is 0. The van der Waals surface area contributed by atoms with Gasteiger partial charge in [0, 0.05) is 38.3 Å². The Morgan fingerprint density at radius 2 is 1.91 bits per heavy atom. The number of carbonyl (C=O) groups is 2. The summed E-state index contributed by atoms with van der Waals surface area (Å²) in [6.07, 6.45) is -0.323. The van der Waals surface area contributed by atoms with Crippen LogP contribution in [0.1, 0.15) is 31.4 Å². The maximum absolute atomic E-state index is 12.9. The number of nitrogens with one attached hydrogen (secondary N) is 2. The highest BCUT2D eigenvalue weighted by atomic mass is 16.5. The Bertz CT molecular complexity index is 1010. The number of hydrogen-bond donors (Lipinski definition) is 2. The first-order chi connectivity index (χ1) is 16.5. The van der Waals surface area contributed by atoms with Gasteiger partial charge in [0.1, 0.15) is 11.8 Å². The molecule has 1 fully saturated rings. The van der Waals surface area contributed by atoms with Gasteiger partial charge in [-0.3, -0.25) is 14.5 Å². The predicted molar refractivity (Wildman–Crippen MR) is 129 cm³/mol. The molecule has 0 radical (unpaired) electrons. The van der Waals surface area contributed by atoms with Crippen LogP contribution in [0.4, 0.5) is 5.69 Å². The highest BCUT2D eigenvalue weighted by molar-refractivity contribution is 5.90. The molecule has 1 atom stereocenters. The summed E-state index contributed by atoms with van der Waals surface area (Å²) in [5.41, 5.74) is 1.94. The second-order valence-corrected chi connectivity index (χ2v) is 8.56. The molecular weight excluding hydrogens is 432 g/mol. The molecule has 34 heavy (non-hydrogen) atoms. The van der Waals surface area contributed by atoms with E-state index in [1.54, 1.807) is 24.3 Å². The number of rotatable bonds is 10. The molecule has 8 nitrogen and oxygen atoms in total. The third-order valence-corrected chi connectivity index (χ3v) is 5.56. The first kappa shape index (κ1) is 25.2. The summed E-state index contributed by atoms with van der Waals surface area (Å²) in [7, 11) is 0. The Labute approximate surface area is 200 Å². The lowest BCUT2D eigenvalue weighted by Crippen LogP contribution is -2.41. The van der Waals surface area contributed by atoms with Gasteiger partial charge >= 0.3 is 0 Å². The van der Waals surface area contributed by atoms with Gasteiger partial charge in [0.2, 0.25) is 5.91 Å². The molecule has 3 rings (SSSR count). The number of benzene rings is 2. The van der Waals surface area contributed by atoms with E-state index < -0.39 is 6.10 Å². The van der Waals surface area contributed by atoms with Gasteiger partial charge in [0.25, 0.3) is 5.91 Å². The van der Waals surface area contributed by atoms with Gasteiger partial charge in [-0.15, -0.1) is 0 Å². The molecule has 1 aliphatic rings. The minimum absolute atomic E-state index is 0.0443. The van der Waals surface area contributed by atoms with Crippen molar-refractivity contribution in [1.29, 1.82) is 5.26 Å². The molecule has 1 aliphatic heterocycles. The number of amides is 2. The lowest BCUT2D eigenvalue weighted by atomic mass is 10.1. The minimum Gasteiger partial charge on any atom is -0.479 e. The summed E-state index contributed by atoms with van der Waals surface area (Å²) in [5, 5.41) is 15.1. The Morgan fingerprint density at radius 3 is 2.65 bits per heavy atom. The number of morpholine rings is 1. The lowest BCUT2D eigenvalue weighted by molar-refractivity contribution is -0.130. The number of nitrogens with zero attached hydrogens (tertiary/aromatic N) is 2. The second-order valence-electron chi connectivity index (χ2n) is 8.56. The van der Waals surface area contributed by atoms with Crippen molar-refractivity contribution >= 4 is 17.5 Å². The number of carbonyl (C=O) groups excluding carboxylic acids is 2. The summed E-state index contributed by atoms with van der Waals surface area (Å²) in [4.78, 5) is 27.4. The largest absolute Gasteiger partial charge is 0.479 e. The zero-order valence-electron chi connectivity index (χ0n) is 19.8. The molecule has 0 saturated carbocycles. The molecule has 180 valence electrons. The number of nitriles is 1. The second kappa shape index (κ2) is 12.7. The fourth-order valence-electron chi connectivity index (χ4n) is 3.65. The highest BCUT2D eigenvalue weighted by Gasteiger charge is 2.25. The van der Waals surface area contributed by atoms with Gasteiger partial charge in [0.05, 0.1) is 18.8 Å². The molecule has 2 N–H and O–H groups in total. The predicted octanol–water partition coefficient (Wildman–Crippen LogP) is 2.94. The third kappa shape index (κ3) is 7.58. The molecule has 2 amide bonds. The third-order valence-electron chi connectivity index (χ3n) is 5.56. The molecule has 2 aromatic carbocycles. The van der Waals surface area contributed by atoms with Crippen molar-refractivity contribution in [2.45, 2.75) is 32.9 Å². The van der Waals surface area contributed by atoms with Crippen LogP contribution < -0.4 is 15.4 Å². The van der Waals surface area contributed by atoms with Gasteiger partial charge in [-0.1, -0.05) is 38.1 Å². The number of ether oxygens (including phenoxy) is 2. The van der Waals surface area contributed by atoms with E-state index in [0.717, 1.165) is 18.7 Å². The van der Waals surface area contributed by atoms with E-state index in [2.05, 4.69) is 21.6 Å². The van der Waals surface area contributed by atoms with Crippen LogP contribution in [0, 0.1) is 17.2 Å². The van der Waals surface area contributed by atoms with E-state index in [0.29, 0.717) is 49.7 Å². The zero-order chi connectivity index (χ0) is 24.3. The fraction of sp³-hybridized carbons (Fsp3) is 0.423. The summed E-state index contributed by atoms with van der Waals surface area (Å²) < 4.78 is 11.2. The van der Waals surface area contributed by atoms with Crippen molar-refractivity contribution in [1.82, 2.24) is 10.2 Å². The average Bonchev–Trinajstić information content (AvgIpc) is 2.85. The zero-order valence-corrected chi connectivity index (χ0v) is 19.8. The van der Waals surface area contributed by atoms with Crippen LogP contribution in [-0.4, -0.2) is 55.7 Å². The SMILES string of the molecule is CC(C)C(Oc1ccccc1C#N)C(=O)NCc1cccc(NC(=O)CCN2CCOCC2)c1. The number of hydrogen-bond acceptors (Lipinski definition) is 6. The van der Waals surface area contributed by atoms with E-state index in [1.165, 1.54) is 0 Å². The molecule has 1 saturated heterocycles.